The maximum absolute atomic E-state index is 12.1. The number of rotatable bonds is 6. The van der Waals surface area contributed by atoms with Crippen molar-refractivity contribution in [2.24, 2.45) is 0 Å². The lowest BCUT2D eigenvalue weighted by Gasteiger charge is -2.14. The molecule has 0 spiro atoms. The van der Waals surface area contributed by atoms with Crippen molar-refractivity contribution in [3.05, 3.63) is 34.9 Å². The molecule has 0 bridgehead atoms. The lowest BCUT2D eigenvalue weighted by Crippen LogP contribution is -2.41. The second-order valence-electron chi connectivity index (χ2n) is 4.62. The Morgan fingerprint density at radius 1 is 1.40 bits per heavy atom. The van der Waals surface area contributed by atoms with Gasteiger partial charge in [-0.15, -0.1) is 0 Å². The first-order chi connectivity index (χ1) is 9.61. The van der Waals surface area contributed by atoms with Crippen molar-refractivity contribution in [1.82, 2.24) is 5.32 Å². The summed E-state index contributed by atoms with van der Waals surface area (Å²) in [5.74, 6) is -0.667. The Balaban J connectivity index is 2.04. The van der Waals surface area contributed by atoms with E-state index in [4.69, 9.17) is 9.84 Å². The van der Waals surface area contributed by atoms with Crippen LogP contribution in [0.4, 0.5) is 0 Å². The minimum atomic E-state index is -1.00. The van der Waals surface area contributed by atoms with Gasteiger partial charge in [-0.2, -0.15) is 11.8 Å². The van der Waals surface area contributed by atoms with Gasteiger partial charge < -0.3 is 15.2 Å². The third-order valence-corrected chi connectivity index (χ3v) is 3.84. The number of ether oxygens (including phenoxy) is 1. The fourth-order valence-corrected chi connectivity index (χ4v) is 2.52. The Labute approximate surface area is 121 Å². The Kier molecular flexibility index (Phi) is 5.03. The fourth-order valence-electron chi connectivity index (χ4n) is 2.05. The van der Waals surface area contributed by atoms with Crippen molar-refractivity contribution >= 4 is 23.6 Å². The summed E-state index contributed by atoms with van der Waals surface area (Å²) in [7, 11) is 0. The summed E-state index contributed by atoms with van der Waals surface area (Å²) in [6, 6.07) is 4.48. The van der Waals surface area contributed by atoms with Gasteiger partial charge in [0.15, 0.2) is 0 Å². The Hall–Kier alpha value is -1.53. The van der Waals surface area contributed by atoms with Crippen molar-refractivity contribution < 1.29 is 19.4 Å². The van der Waals surface area contributed by atoms with E-state index in [2.05, 4.69) is 5.32 Å². The minimum Gasteiger partial charge on any atom is -0.480 e. The van der Waals surface area contributed by atoms with Crippen LogP contribution >= 0.6 is 11.8 Å². The Morgan fingerprint density at radius 3 is 2.85 bits per heavy atom. The van der Waals surface area contributed by atoms with Gasteiger partial charge in [0.2, 0.25) is 0 Å². The molecule has 0 radical (unpaired) electrons. The summed E-state index contributed by atoms with van der Waals surface area (Å²) in [5, 5.41) is 11.7. The SMILES string of the molecule is CSCC[C@H](NC(=O)c1ccc2c(c1)COC2)C(=O)O. The average molecular weight is 295 g/mol. The van der Waals surface area contributed by atoms with Crippen LogP contribution in [0.15, 0.2) is 18.2 Å². The number of carboxylic acid groups (broad SMARTS) is 1. The number of aliphatic carboxylic acids is 1. The number of carbonyl (C=O) groups excluding carboxylic acids is 1. The zero-order chi connectivity index (χ0) is 14.5. The molecule has 0 saturated carbocycles. The number of nitrogens with one attached hydrogen (secondary N) is 1. The number of hydrogen-bond donors (Lipinski definition) is 2. The molecule has 1 amide bonds. The van der Waals surface area contributed by atoms with Gasteiger partial charge in [-0.25, -0.2) is 4.79 Å². The monoisotopic (exact) mass is 295 g/mol. The lowest BCUT2D eigenvalue weighted by molar-refractivity contribution is -0.139. The van der Waals surface area contributed by atoms with Gasteiger partial charge in [0.1, 0.15) is 6.04 Å². The Morgan fingerprint density at radius 2 is 2.15 bits per heavy atom. The van der Waals surface area contributed by atoms with Gasteiger partial charge in [0.25, 0.3) is 5.91 Å². The molecule has 0 fully saturated rings. The smallest absolute Gasteiger partial charge is 0.326 e. The van der Waals surface area contributed by atoms with Crippen LogP contribution < -0.4 is 5.32 Å². The third kappa shape index (κ3) is 3.52. The van der Waals surface area contributed by atoms with Gasteiger partial charge >= 0.3 is 5.97 Å². The van der Waals surface area contributed by atoms with E-state index in [-0.39, 0.29) is 5.91 Å². The van der Waals surface area contributed by atoms with Crippen LogP contribution in [0.25, 0.3) is 0 Å². The standard InChI is InChI=1S/C14H17NO4S/c1-20-5-4-12(14(17)18)15-13(16)9-2-3-10-7-19-8-11(10)6-9/h2-3,6,12H,4-5,7-8H2,1H3,(H,15,16)(H,17,18)/t12-/m0/s1. The molecule has 1 aromatic carbocycles. The molecule has 108 valence electrons. The largest absolute Gasteiger partial charge is 0.480 e. The van der Waals surface area contributed by atoms with Crippen molar-refractivity contribution in [3.63, 3.8) is 0 Å². The van der Waals surface area contributed by atoms with Crippen molar-refractivity contribution in [3.8, 4) is 0 Å². The van der Waals surface area contributed by atoms with Crippen LogP contribution in [0.3, 0.4) is 0 Å². The first-order valence-electron chi connectivity index (χ1n) is 6.34. The van der Waals surface area contributed by atoms with E-state index in [9.17, 15) is 9.59 Å². The zero-order valence-corrected chi connectivity index (χ0v) is 12.0. The van der Waals surface area contributed by atoms with Crippen LogP contribution in [0.2, 0.25) is 0 Å². The molecule has 2 N–H and O–H groups in total. The highest BCUT2D eigenvalue weighted by atomic mass is 32.2. The summed E-state index contributed by atoms with van der Waals surface area (Å²) in [4.78, 5) is 23.2. The topological polar surface area (TPSA) is 75.6 Å². The molecule has 6 heteroatoms. The van der Waals surface area contributed by atoms with Gasteiger partial charge in [0.05, 0.1) is 13.2 Å². The molecule has 2 rings (SSSR count). The molecular formula is C14H17NO4S. The zero-order valence-electron chi connectivity index (χ0n) is 11.2. The lowest BCUT2D eigenvalue weighted by atomic mass is 10.1. The second kappa shape index (κ2) is 6.76. The fraction of sp³-hybridized carbons (Fsp3) is 0.429. The van der Waals surface area contributed by atoms with Crippen molar-refractivity contribution in [2.45, 2.75) is 25.7 Å². The maximum Gasteiger partial charge on any atom is 0.326 e. The molecule has 5 nitrogen and oxygen atoms in total. The van der Waals surface area contributed by atoms with E-state index in [0.29, 0.717) is 31.0 Å². The number of fused-ring (bicyclic) bond motifs is 1. The normalized spacial score (nSPS) is 14.7. The van der Waals surface area contributed by atoms with E-state index in [1.54, 1.807) is 23.9 Å². The molecule has 1 atom stereocenters. The first kappa shape index (κ1) is 14.9. The van der Waals surface area contributed by atoms with Crippen LogP contribution in [0.5, 0.6) is 0 Å². The quantitative estimate of drug-likeness (QED) is 0.834. The van der Waals surface area contributed by atoms with E-state index < -0.39 is 12.0 Å². The number of carboxylic acids is 1. The molecule has 0 saturated heterocycles. The van der Waals surface area contributed by atoms with Gasteiger partial charge in [-0.1, -0.05) is 6.07 Å². The number of benzene rings is 1. The van der Waals surface area contributed by atoms with Gasteiger partial charge in [0, 0.05) is 5.56 Å². The summed E-state index contributed by atoms with van der Waals surface area (Å²) in [6.07, 6.45) is 2.32. The number of thioether (sulfide) groups is 1. The predicted octanol–water partition coefficient (Wildman–Crippen LogP) is 1.65. The van der Waals surface area contributed by atoms with Crippen molar-refractivity contribution in [1.29, 1.82) is 0 Å². The van der Waals surface area contributed by atoms with Crippen LogP contribution in [0.1, 0.15) is 27.9 Å². The number of amides is 1. The molecule has 0 unspecified atom stereocenters. The molecule has 20 heavy (non-hydrogen) atoms. The first-order valence-corrected chi connectivity index (χ1v) is 7.73. The molecule has 0 aliphatic carbocycles. The van der Waals surface area contributed by atoms with E-state index >= 15 is 0 Å². The molecular weight excluding hydrogens is 278 g/mol. The highest BCUT2D eigenvalue weighted by Crippen LogP contribution is 2.20. The molecule has 1 heterocycles. The molecule has 1 aliphatic heterocycles. The maximum atomic E-state index is 12.1. The minimum absolute atomic E-state index is 0.354. The summed E-state index contributed by atoms with van der Waals surface area (Å²) >= 11 is 1.56. The second-order valence-corrected chi connectivity index (χ2v) is 5.61. The van der Waals surface area contributed by atoms with E-state index in [1.165, 1.54) is 0 Å². The van der Waals surface area contributed by atoms with Crippen LogP contribution in [-0.4, -0.2) is 35.0 Å². The molecule has 1 aliphatic rings. The van der Waals surface area contributed by atoms with Gasteiger partial charge in [-0.3, -0.25) is 4.79 Å². The van der Waals surface area contributed by atoms with Crippen molar-refractivity contribution in [2.75, 3.05) is 12.0 Å². The van der Waals surface area contributed by atoms with E-state index in [0.717, 1.165) is 11.1 Å². The molecule has 0 aromatic heterocycles. The van der Waals surface area contributed by atoms with Crippen LogP contribution in [0, 0.1) is 0 Å². The van der Waals surface area contributed by atoms with Gasteiger partial charge in [-0.05, 0) is 41.7 Å². The summed E-state index contributed by atoms with van der Waals surface area (Å²) in [6.45, 7) is 1.08. The number of hydrogen-bond acceptors (Lipinski definition) is 4. The Bertz CT molecular complexity index is 518. The summed E-state index contributed by atoms with van der Waals surface area (Å²) in [5.41, 5.74) is 2.55. The highest BCUT2D eigenvalue weighted by Gasteiger charge is 2.21. The average Bonchev–Trinajstić information content (AvgIpc) is 2.90. The number of carbonyl (C=O) groups is 2. The van der Waals surface area contributed by atoms with E-state index in [1.807, 2.05) is 12.3 Å². The highest BCUT2D eigenvalue weighted by molar-refractivity contribution is 7.98. The predicted molar refractivity (Wildman–Crippen MR) is 76.8 cm³/mol. The summed E-state index contributed by atoms with van der Waals surface area (Å²) < 4.78 is 5.29. The van der Waals surface area contributed by atoms with Crippen LogP contribution in [-0.2, 0) is 22.7 Å². The third-order valence-electron chi connectivity index (χ3n) is 3.20. The molecule has 1 aromatic rings.